The maximum Gasteiger partial charge on any atom is 0.173 e. The molecule has 122 valence electrons. The molecule has 3 unspecified atom stereocenters. The van der Waals surface area contributed by atoms with E-state index in [1.165, 1.54) is 5.56 Å². The molecule has 0 aromatic heterocycles. The topological polar surface area (TPSA) is 38.7 Å². The summed E-state index contributed by atoms with van der Waals surface area (Å²) in [5, 5.41) is 9.99. The maximum atomic E-state index is 9.99. The van der Waals surface area contributed by atoms with Gasteiger partial charge in [-0.25, -0.2) is 0 Å². The molecule has 1 aromatic carbocycles. The molecule has 2 aliphatic rings. The Labute approximate surface area is 133 Å². The van der Waals surface area contributed by atoms with Gasteiger partial charge in [-0.3, -0.25) is 0 Å². The Balaban J connectivity index is 1.85. The van der Waals surface area contributed by atoms with Crippen molar-refractivity contribution < 1.29 is 14.6 Å². The van der Waals surface area contributed by atoms with Crippen molar-refractivity contribution in [1.29, 1.82) is 0 Å². The monoisotopic (exact) mass is 304 g/mol. The normalized spacial score (nSPS) is 38.6. The van der Waals surface area contributed by atoms with E-state index in [4.69, 9.17) is 9.47 Å². The summed E-state index contributed by atoms with van der Waals surface area (Å²) < 4.78 is 12.3. The summed E-state index contributed by atoms with van der Waals surface area (Å²) in [6.45, 7) is 11.3. The standard InChI is InChI=1S/C19H28O3/c1-11-6-16(7-12(2)18(11)20)17-8-13(3)19(14(4)9-17)21-10-15(5)22-19/h6-7,13-15,17,20H,8-10H2,1-5H3. The smallest absolute Gasteiger partial charge is 0.173 e. The predicted molar refractivity (Wildman–Crippen MR) is 87.1 cm³/mol. The van der Waals surface area contributed by atoms with Crippen LogP contribution in [-0.2, 0) is 9.47 Å². The van der Waals surface area contributed by atoms with Gasteiger partial charge in [-0.15, -0.1) is 0 Å². The molecule has 22 heavy (non-hydrogen) atoms. The Hall–Kier alpha value is -1.06. The maximum absolute atomic E-state index is 9.99. The predicted octanol–water partition coefficient (Wildman–Crippen LogP) is 4.29. The van der Waals surface area contributed by atoms with Crippen LogP contribution < -0.4 is 0 Å². The lowest BCUT2D eigenvalue weighted by atomic mass is 9.69. The highest BCUT2D eigenvalue weighted by atomic mass is 16.7. The zero-order chi connectivity index (χ0) is 16.1. The molecule has 1 spiro atoms. The summed E-state index contributed by atoms with van der Waals surface area (Å²) in [6.07, 6.45) is 2.33. The number of rotatable bonds is 1. The molecule has 1 saturated carbocycles. The first kappa shape index (κ1) is 15.8. The molecule has 2 fully saturated rings. The van der Waals surface area contributed by atoms with Crippen LogP contribution in [0.3, 0.4) is 0 Å². The summed E-state index contributed by atoms with van der Waals surface area (Å²) in [5.41, 5.74) is 3.28. The first-order valence-corrected chi connectivity index (χ1v) is 8.45. The van der Waals surface area contributed by atoms with E-state index in [1.54, 1.807) is 0 Å². The first-order valence-electron chi connectivity index (χ1n) is 8.45. The Kier molecular flexibility index (Phi) is 3.98. The van der Waals surface area contributed by atoms with Crippen LogP contribution in [0.15, 0.2) is 12.1 Å². The number of benzene rings is 1. The minimum Gasteiger partial charge on any atom is -0.507 e. The molecule has 3 heteroatoms. The third-order valence-corrected chi connectivity index (χ3v) is 5.56. The highest BCUT2D eigenvalue weighted by molar-refractivity contribution is 5.43. The van der Waals surface area contributed by atoms with E-state index in [9.17, 15) is 5.11 Å². The molecular formula is C19H28O3. The average molecular weight is 304 g/mol. The number of hydrogen-bond acceptors (Lipinski definition) is 3. The van der Waals surface area contributed by atoms with Gasteiger partial charge in [0.25, 0.3) is 0 Å². The fourth-order valence-electron chi connectivity index (χ4n) is 4.41. The lowest BCUT2D eigenvalue weighted by molar-refractivity contribution is -0.247. The lowest BCUT2D eigenvalue weighted by Crippen LogP contribution is -2.48. The van der Waals surface area contributed by atoms with Gasteiger partial charge in [0.1, 0.15) is 5.75 Å². The molecule has 1 saturated heterocycles. The molecule has 1 aliphatic heterocycles. The van der Waals surface area contributed by atoms with Crippen molar-refractivity contribution in [2.75, 3.05) is 6.61 Å². The number of ether oxygens (including phenoxy) is 2. The van der Waals surface area contributed by atoms with Crippen molar-refractivity contribution in [3.05, 3.63) is 28.8 Å². The Morgan fingerprint density at radius 3 is 2.05 bits per heavy atom. The van der Waals surface area contributed by atoms with Crippen LogP contribution in [0.1, 0.15) is 56.2 Å². The number of phenols is 1. The van der Waals surface area contributed by atoms with Crippen LogP contribution in [0.4, 0.5) is 0 Å². The Morgan fingerprint density at radius 2 is 1.59 bits per heavy atom. The van der Waals surface area contributed by atoms with Crippen LogP contribution >= 0.6 is 0 Å². The van der Waals surface area contributed by atoms with Crippen molar-refractivity contribution in [2.45, 2.75) is 65.3 Å². The van der Waals surface area contributed by atoms with Crippen LogP contribution in [0.2, 0.25) is 0 Å². The highest BCUT2D eigenvalue weighted by Crippen LogP contribution is 2.50. The first-order chi connectivity index (χ1) is 10.3. The van der Waals surface area contributed by atoms with Crippen LogP contribution in [-0.4, -0.2) is 23.6 Å². The van der Waals surface area contributed by atoms with Crippen molar-refractivity contribution >= 4 is 0 Å². The van der Waals surface area contributed by atoms with E-state index in [0.717, 1.165) is 24.0 Å². The minimum absolute atomic E-state index is 0.194. The summed E-state index contributed by atoms with van der Waals surface area (Å²) in [7, 11) is 0. The van der Waals surface area contributed by atoms with Gasteiger partial charge in [-0.2, -0.15) is 0 Å². The second kappa shape index (κ2) is 5.54. The number of hydrogen-bond donors (Lipinski definition) is 1. The van der Waals surface area contributed by atoms with Gasteiger partial charge in [-0.1, -0.05) is 26.0 Å². The van der Waals surface area contributed by atoms with Crippen LogP contribution in [0.25, 0.3) is 0 Å². The van der Waals surface area contributed by atoms with E-state index in [2.05, 4.69) is 32.9 Å². The van der Waals surface area contributed by atoms with Crippen molar-refractivity contribution in [1.82, 2.24) is 0 Å². The Morgan fingerprint density at radius 1 is 1.05 bits per heavy atom. The third kappa shape index (κ3) is 2.44. The van der Waals surface area contributed by atoms with Gasteiger partial charge < -0.3 is 14.6 Å². The van der Waals surface area contributed by atoms with Gasteiger partial charge in [0, 0.05) is 11.8 Å². The SMILES string of the molecule is Cc1cc(C2CC(C)C3(OCC(C)O3)C(C)C2)cc(C)c1O. The minimum atomic E-state index is -0.392. The highest BCUT2D eigenvalue weighted by Gasteiger charge is 2.52. The van der Waals surface area contributed by atoms with Gasteiger partial charge in [0.2, 0.25) is 0 Å². The quantitative estimate of drug-likeness (QED) is 0.841. The summed E-state index contributed by atoms with van der Waals surface area (Å²) in [4.78, 5) is 0. The molecule has 1 aromatic rings. The fraction of sp³-hybridized carbons (Fsp3) is 0.684. The van der Waals surface area contributed by atoms with E-state index < -0.39 is 5.79 Å². The third-order valence-electron chi connectivity index (χ3n) is 5.56. The lowest BCUT2D eigenvalue weighted by Gasteiger charge is -2.46. The molecule has 3 rings (SSSR count). The number of aromatic hydroxyl groups is 1. The summed E-state index contributed by atoms with van der Waals surface area (Å²) in [5.74, 6) is 1.29. The van der Waals surface area contributed by atoms with Crippen molar-refractivity contribution in [2.24, 2.45) is 11.8 Å². The second-order valence-electron chi connectivity index (χ2n) is 7.43. The largest absolute Gasteiger partial charge is 0.507 e. The molecule has 0 amide bonds. The second-order valence-corrected chi connectivity index (χ2v) is 7.43. The summed E-state index contributed by atoms with van der Waals surface area (Å²) in [6, 6.07) is 4.28. The number of aryl methyl sites for hydroxylation is 2. The van der Waals surface area contributed by atoms with E-state index in [1.807, 2.05) is 13.8 Å². The molecule has 1 heterocycles. The van der Waals surface area contributed by atoms with Crippen molar-refractivity contribution in [3.63, 3.8) is 0 Å². The molecule has 1 aliphatic carbocycles. The van der Waals surface area contributed by atoms with Gasteiger partial charge in [0.15, 0.2) is 5.79 Å². The van der Waals surface area contributed by atoms with Crippen LogP contribution in [0, 0.1) is 25.7 Å². The van der Waals surface area contributed by atoms with Gasteiger partial charge in [-0.05, 0) is 56.2 Å². The number of phenolic OH excluding ortho intramolecular Hbond substituents is 1. The molecule has 0 radical (unpaired) electrons. The molecule has 1 N–H and O–H groups in total. The molecule has 3 nitrogen and oxygen atoms in total. The summed E-state index contributed by atoms with van der Waals surface area (Å²) >= 11 is 0. The van der Waals surface area contributed by atoms with E-state index >= 15 is 0 Å². The Bertz CT molecular complexity index is 531. The van der Waals surface area contributed by atoms with E-state index in [-0.39, 0.29) is 6.10 Å². The van der Waals surface area contributed by atoms with E-state index in [0.29, 0.717) is 30.1 Å². The van der Waals surface area contributed by atoms with Crippen LogP contribution in [0.5, 0.6) is 5.75 Å². The zero-order valence-corrected chi connectivity index (χ0v) is 14.3. The zero-order valence-electron chi connectivity index (χ0n) is 14.3. The average Bonchev–Trinajstić information content (AvgIpc) is 2.85. The molecular weight excluding hydrogens is 276 g/mol. The molecule has 3 atom stereocenters. The molecule has 0 bridgehead atoms. The fourth-order valence-corrected chi connectivity index (χ4v) is 4.41. The van der Waals surface area contributed by atoms with Gasteiger partial charge in [0.05, 0.1) is 12.7 Å². The van der Waals surface area contributed by atoms with Gasteiger partial charge >= 0.3 is 0 Å². The van der Waals surface area contributed by atoms with Crippen molar-refractivity contribution in [3.8, 4) is 5.75 Å².